The number of nitrogens with zero attached hydrogens (tertiary/aromatic N) is 4. The molecule has 1 fully saturated rings. The molecule has 0 saturated heterocycles. The van der Waals surface area contributed by atoms with E-state index in [1.54, 1.807) is 20.8 Å². The van der Waals surface area contributed by atoms with Crippen LogP contribution in [0.4, 0.5) is 26.5 Å². The Bertz CT molecular complexity index is 1300. The van der Waals surface area contributed by atoms with Crippen molar-refractivity contribution in [3.8, 4) is 0 Å². The average Bonchev–Trinajstić information content (AvgIpc) is 3.17. The van der Waals surface area contributed by atoms with Crippen LogP contribution in [-0.2, 0) is 9.47 Å². The third kappa shape index (κ3) is 5.03. The Morgan fingerprint density at radius 2 is 2.03 bits per heavy atom. The fourth-order valence-corrected chi connectivity index (χ4v) is 3.19. The van der Waals surface area contributed by atoms with Gasteiger partial charge in [-0.2, -0.15) is 9.61 Å². The number of hydrogen-bond acceptors (Lipinski definition) is 9. The number of hydrogen-bond donors (Lipinski definition) is 2. The van der Waals surface area contributed by atoms with Crippen molar-refractivity contribution < 1.29 is 32.7 Å². The van der Waals surface area contributed by atoms with Crippen molar-refractivity contribution >= 4 is 40.9 Å². The molecule has 186 valence electrons. The third-order valence-electron chi connectivity index (χ3n) is 5.04. The van der Waals surface area contributed by atoms with Crippen LogP contribution in [-0.4, -0.2) is 64.5 Å². The Balaban J connectivity index is 1.76. The van der Waals surface area contributed by atoms with Crippen molar-refractivity contribution in [1.29, 1.82) is 0 Å². The highest BCUT2D eigenvalue weighted by Gasteiger charge is 2.39. The Hall–Kier alpha value is -4.16. The minimum atomic E-state index is -1.09. The molecule has 0 aromatic carbocycles. The first-order valence-electron chi connectivity index (χ1n) is 10.7. The van der Waals surface area contributed by atoms with Gasteiger partial charge in [-0.1, -0.05) is 0 Å². The van der Waals surface area contributed by atoms with Crippen molar-refractivity contribution in [2.24, 2.45) is 0 Å². The van der Waals surface area contributed by atoms with Crippen molar-refractivity contribution in [2.45, 2.75) is 45.0 Å². The van der Waals surface area contributed by atoms with Crippen molar-refractivity contribution in [3.05, 3.63) is 35.9 Å². The molecule has 35 heavy (non-hydrogen) atoms. The van der Waals surface area contributed by atoms with Crippen LogP contribution in [0.15, 0.2) is 29.0 Å². The van der Waals surface area contributed by atoms with E-state index < -0.39 is 35.8 Å². The van der Waals surface area contributed by atoms with E-state index in [-0.39, 0.29) is 40.7 Å². The smallest absolute Gasteiger partial charge is 0.415 e. The molecular formula is C22H25FN6O6. The van der Waals surface area contributed by atoms with E-state index in [2.05, 4.69) is 20.7 Å². The molecule has 1 aliphatic rings. The number of methoxy groups -OCH3 is 1. The van der Waals surface area contributed by atoms with Gasteiger partial charge in [-0.15, -0.1) is 0 Å². The third-order valence-corrected chi connectivity index (χ3v) is 5.04. The molecule has 3 aromatic heterocycles. The number of alkyl halides is 1. The van der Waals surface area contributed by atoms with Gasteiger partial charge in [0.05, 0.1) is 31.3 Å². The summed E-state index contributed by atoms with van der Waals surface area (Å²) in [6, 6.07) is 2.42. The number of esters is 1. The Morgan fingerprint density at radius 3 is 2.66 bits per heavy atom. The van der Waals surface area contributed by atoms with Crippen LogP contribution >= 0.6 is 0 Å². The number of halogens is 1. The number of furan rings is 1. The summed E-state index contributed by atoms with van der Waals surface area (Å²) in [5.41, 5.74) is -0.333. The Labute approximate surface area is 199 Å². The first-order chi connectivity index (χ1) is 16.5. The lowest BCUT2D eigenvalue weighted by molar-refractivity contribution is 0.0563. The first-order valence-corrected chi connectivity index (χ1v) is 10.7. The summed E-state index contributed by atoms with van der Waals surface area (Å²) in [5.74, 6) is -0.980. The molecule has 3 aromatic rings. The van der Waals surface area contributed by atoms with Gasteiger partial charge in [-0.3, -0.25) is 9.69 Å². The topological polar surface area (TPSA) is 140 Å². The van der Waals surface area contributed by atoms with Crippen LogP contribution < -0.4 is 15.5 Å². The predicted octanol–water partition coefficient (Wildman–Crippen LogP) is 3.06. The number of ether oxygens (including phenoxy) is 2. The summed E-state index contributed by atoms with van der Waals surface area (Å²) in [7, 11) is 2.69. The summed E-state index contributed by atoms with van der Waals surface area (Å²) < 4.78 is 30.0. The van der Waals surface area contributed by atoms with Gasteiger partial charge >= 0.3 is 12.1 Å². The second-order valence-electron chi connectivity index (χ2n) is 8.94. The van der Waals surface area contributed by atoms with Crippen LogP contribution in [0.1, 0.15) is 48.1 Å². The van der Waals surface area contributed by atoms with Crippen LogP contribution in [0.5, 0.6) is 0 Å². The van der Waals surface area contributed by atoms with E-state index in [1.807, 2.05) is 0 Å². The Morgan fingerprint density at radius 1 is 1.31 bits per heavy atom. The number of amides is 2. The molecule has 12 nitrogen and oxygen atoms in total. The van der Waals surface area contributed by atoms with Crippen molar-refractivity contribution in [2.75, 3.05) is 24.4 Å². The zero-order valence-electron chi connectivity index (χ0n) is 19.8. The molecule has 4 rings (SSSR count). The summed E-state index contributed by atoms with van der Waals surface area (Å²) in [4.78, 5) is 43.2. The predicted molar refractivity (Wildman–Crippen MR) is 122 cm³/mol. The number of anilines is 3. The number of fused-ring (bicyclic) bond motifs is 1. The van der Waals surface area contributed by atoms with Crippen LogP contribution in [0.2, 0.25) is 0 Å². The van der Waals surface area contributed by atoms with Gasteiger partial charge in [0, 0.05) is 25.6 Å². The molecule has 2 amide bonds. The zero-order chi connectivity index (χ0) is 25.5. The second-order valence-corrected chi connectivity index (χ2v) is 8.94. The zero-order valence-corrected chi connectivity index (χ0v) is 19.8. The van der Waals surface area contributed by atoms with Gasteiger partial charge in [0.1, 0.15) is 29.0 Å². The molecular weight excluding hydrogens is 463 g/mol. The highest BCUT2D eigenvalue weighted by molar-refractivity contribution is 6.01. The molecule has 0 bridgehead atoms. The number of nitrogens with one attached hydrogen (secondary N) is 2. The highest BCUT2D eigenvalue weighted by Crippen LogP contribution is 2.29. The molecule has 2 N–H and O–H groups in total. The van der Waals surface area contributed by atoms with E-state index in [1.165, 1.54) is 48.2 Å². The summed E-state index contributed by atoms with van der Waals surface area (Å²) in [6.07, 6.45) is 1.06. The van der Waals surface area contributed by atoms with E-state index in [9.17, 15) is 18.8 Å². The lowest BCUT2D eigenvalue weighted by atomic mass is 10.2. The second kappa shape index (κ2) is 8.89. The monoisotopic (exact) mass is 488 g/mol. The lowest BCUT2D eigenvalue weighted by Crippen LogP contribution is -2.35. The largest absolute Gasteiger partial charge is 0.463 e. The lowest BCUT2D eigenvalue weighted by Gasteiger charge is -2.25. The first kappa shape index (κ1) is 24.0. The summed E-state index contributed by atoms with van der Waals surface area (Å²) in [6.45, 7) is 5.19. The molecule has 3 heterocycles. The fraction of sp³-hybridized carbons (Fsp3) is 0.409. The molecule has 0 unspecified atom stereocenters. The number of carbonyl (C=O) groups excluding carboxylic acids is 3. The molecule has 0 aliphatic heterocycles. The Kier molecular flexibility index (Phi) is 6.09. The van der Waals surface area contributed by atoms with Crippen LogP contribution in [0.3, 0.4) is 0 Å². The number of rotatable bonds is 6. The van der Waals surface area contributed by atoms with E-state index in [4.69, 9.17) is 13.9 Å². The van der Waals surface area contributed by atoms with E-state index >= 15 is 0 Å². The molecule has 1 saturated carbocycles. The average molecular weight is 488 g/mol. The van der Waals surface area contributed by atoms with Crippen molar-refractivity contribution in [3.63, 3.8) is 0 Å². The van der Waals surface area contributed by atoms with Gasteiger partial charge < -0.3 is 24.5 Å². The summed E-state index contributed by atoms with van der Waals surface area (Å²) in [5, 5.41) is 9.74. The van der Waals surface area contributed by atoms with Gasteiger partial charge in [0.15, 0.2) is 5.65 Å². The highest BCUT2D eigenvalue weighted by atomic mass is 19.1. The molecule has 13 heteroatoms. The van der Waals surface area contributed by atoms with Crippen LogP contribution in [0.25, 0.3) is 5.65 Å². The van der Waals surface area contributed by atoms with Gasteiger partial charge in [0.25, 0.3) is 5.91 Å². The fourth-order valence-electron chi connectivity index (χ4n) is 3.19. The molecule has 0 radical (unpaired) electrons. The standard InChI is InChI=1S/C22H25FN6O6/c1-22(2,3)35-21(32)28(4)16-9-15(25-13-6-7-34-17(13)20(31)33-5)27-18-11(10-24-29(16)18)19(30)26-14-8-12(14)23/h6-7,9-10,12,14H,8H2,1-5H3,(H,25,27)(H,26,30)/t12-,14+/m0/s1. The maximum Gasteiger partial charge on any atom is 0.415 e. The quantitative estimate of drug-likeness (QED) is 0.501. The van der Waals surface area contributed by atoms with Crippen molar-refractivity contribution in [1.82, 2.24) is 19.9 Å². The molecule has 0 spiro atoms. The van der Waals surface area contributed by atoms with Crippen LogP contribution in [0, 0.1) is 0 Å². The maximum atomic E-state index is 13.3. The number of aromatic nitrogens is 3. The van der Waals surface area contributed by atoms with E-state index in [0.29, 0.717) is 0 Å². The van der Waals surface area contributed by atoms with Gasteiger partial charge in [0.2, 0.25) is 5.76 Å². The SMILES string of the molecule is COC(=O)c1occc1Nc1cc(N(C)C(=O)OC(C)(C)C)n2ncc(C(=O)N[C@@H]3C[C@@H]3F)c2n1. The summed E-state index contributed by atoms with van der Waals surface area (Å²) >= 11 is 0. The van der Waals surface area contributed by atoms with E-state index in [0.717, 1.165) is 0 Å². The minimum absolute atomic E-state index is 0.0759. The minimum Gasteiger partial charge on any atom is -0.463 e. The number of carbonyl (C=O) groups is 3. The maximum absolute atomic E-state index is 13.3. The normalized spacial score (nSPS) is 17.1. The van der Waals surface area contributed by atoms with Gasteiger partial charge in [-0.25, -0.2) is 19.0 Å². The molecule has 1 aliphatic carbocycles. The molecule has 2 atom stereocenters. The van der Waals surface area contributed by atoms with Gasteiger partial charge in [-0.05, 0) is 20.8 Å².